The summed E-state index contributed by atoms with van der Waals surface area (Å²) in [5.41, 5.74) is 4.47. The van der Waals surface area contributed by atoms with Gasteiger partial charge in [-0.05, 0) is 42.4 Å². The molecule has 5 rings (SSSR count). The molecule has 0 aliphatic heterocycles. The van der Waals surface area contributed by atoms with Crippen LogP contribution in [-0.4, -0.2) is 81.7 Å². The molecule has 200 valence electrons. The number of aromatic nitrogens is 6. The Morgan fingerprint density at radius 3 is 2.79 bits per heavy atom. The molecule has 1 amide bonds. The number of fused-ring (bicyclic) bond motifs is 1. The first kappa shape index (κ1) is 26.0. The lowest BCUT2D eigenvalue weighted by Crippen LogP contribution is -2.31. The maximum atomic E-state index is 13.2. The number of carbonyl (C=O) groups excluding carboxylic acids is 1. The molecule has 0 saturated heterocycles. The predicted octanol–water partition coefficient (Wildman–Crippen LogP) is 3.64. The van der Waals surface area contributed by atoms with Crippen molar-refractivity contribution < 1.29 is 14.3 Å². The van der Waals surface area contributed by atoms with Crippen molar-refractivity contribution in [3.8, 4) is 16.9 Å². The van der Waals surface area contributed by atoms with Gasteiger partial charge < -0.3 is 19.7 Å². The van der Waals surface area contributed by atoms with Gasteiger partial charge in [0.05, 0.1) is 43.4 Å². The molecule has 11 heteroatoms. The maximum absolute atomic E-state index is 13.2. The van der Waals surface area contributed by atoms with E-state index in [1.54, 1.807) is 39.0 Å². The van der Waals surface area contributed by atoms with Crippen molar-refractivity contribution in [3.05, 3.63) is 84.8 Å². The van der Waals surface area contributed by atoms with Crippen LogP contribution in [0.5, 0.6) is 5.75 Å². The average Bonchev–Trinajstić information content (AvgIpc) is 3.62. The van der Waals surface area contributed by atoms with Gasteiger partial charge >= 0.3 is 0 Å². The van der Waals surface area contributed by atoms with Crippen molar-refractivity contribution in [1.29, 1.82) is 0 Å². The minimum Gasteiger partial charge on any atom is -0.495 e. The average molecular weight is 527 g/mol. The van der Waals surface area contributed by atoms with Gasteiger partial charge in [-0.2, -0.15) is 10.2 Å². The molecule has 1 aromatic carbocycles. The number of aromatic amines is 1. The number of ether oxygens (including phenoxy) is 2. The SMILES string of the molecule is COCCN(C)CC(c1cccnc1)n1cc(NC(=O)c2n[nH]c3cc(-c4cncc(OC)c4)ccc23)cn1. The van der Waals surface area contributed by atoms with Crippen LogP contribution in [0.1, 0.15) is 22.1 Å². The number of carbonyl (C=O) groups is 1. The molecule has 4 heterocycles. The smallest absolute Gasteiger partial charge is 0.276 e. The molecule has 0 aliphatic rings. The molecule has 0 bridgehead atoms. The van der Waals surface area contributed by atoms with Crippen molar-refractivity contribution in [2.75, 3.05) is 46.3 Å². The van der Waals surface area contributed by atoms with Crippen molar-refractivity contribution in [3.63, 3.8) is 0 Å². The maximum Gasteiger partial charge on any atom is 0.276 e. The van der Waals surface area contributed by atoms with E-state index in [0.29, 0.717) is 35.7 Å². The number of H-pyrrole nitrogens is 1. The first-order valence-corrected chi connectivity index (χ1v) is 12.5. The molecule has 39 heavy (non-hydrogen) atoms. The van der Waals surface area contributed by atoms with Gasteiger partial charge in [0.2, 0.25) is 0 Å². The molecule has 0 radical (unpaired) electrons. The van der Waals surface area contributed by atoms with Gasteiger partial charge in [0, 0.05) is 55.9 Å². The van der Waals surface area contributed by atoms with Crippen molar-refractivity contribution in [1.82, 2.24) is 34.8 Å². The minimum absolute atomic E-state index is 0.0954. The fourth-order valence-corrected chi connectivity index (χ4v) is 4.37. The number of benzene rings is 1. The quantitative estimate of drug-likeness (QED) is 0.267. The molecule has 2 N–H and O–H groups in total. The summed E-state index contributed by atoms with van der Waals surface area (Å²) < 4.78 is 12.3. The van der Waals surface area contributed by atoms with E-state index in [9.17, 15) is 4.79 Å². The highest BCUT2D eigenvalue weighted by molar-refractivity contribution is 6.11. The van der Waals surface area contributed by atoms with E-state index in [1.165, 1.54) is 0 Å². The summed E-state index contributed by atoms with van der Waals surface area (Å²) in [6.07, 6.45) is 10.5. The number of hydrogen-bond acceptors (Lipinski definition) is 8. The zero-order valence-electron chi connectivity index (χ0n) is 22.0. The fourth-order valence-electron chi connectivity index (χ4n) is 4.37. The molecule has 1 atom stereocenters. The van der Waals surface area contributed by atoms with E-state index in [1.807, 2.05) is 60.5 Å². The summed E-state index contributed by atoms with van der Waals surface area (Å²) in [7, 11) is 5.33. The summed E-state index contributed by atoms with van der Waals surface area (Å²) in [5.74, 6) is 0.344. The predicted molar refractivity (Wildman–Crippen MR) is 148 cm³/mol. The van der Waals surface area contributed by atoms with Crippen molar-refractivity contribution >= 4 is 22.5 Å². The van der Waals surface area contributed by atoms with Crippen LogP contribution in [0.2, 0.25) is 0 Å². The van der Waals surface area contributed by atoms with E-state index in [0.717, 1.165) is 28.8 Å². The van der Waals surface area contributed by atoms with Gasteiger partial charge in [-0.25, -0.2) is 0 Å². The molecular weight excluding hydrogens is 496 g/mol. The molecule has 4 aromatic heterocycles. The molecule has 5 aromatic rings. The second-order valence-corrected chi connectivity index (χ2v) is 9.17. The molecule has 0 fully saturated rings. The number of pyridine rings is 2. The zero-order chi connectivity index (χ0) is 27.2. The van der Waals surface area contributed by atoms with Gasteiger partial charge in [-0.15, -0.1) is 0 Å². The number of methoxy groups -OCH3 is 2. The number of amides is 1. The van der Waals surface area contributed by atoms with Gasteiger partial charge in [0.25, 0.3) is 5.91 Å². The third kappa shape index (κ3) is 5.95. The van der Waals surface area contributed by atoms with Crippen LogP contribution in [0.3, 0.4) is 0 Å². The fraction of sp³-hybridized carbons (Fsp3) is 0.250. The Kier molecular flexibility index (Phi) is 7.90. The van der Waals surface area contributed by atoms with Gasteiger partial charge in [-0.1, -0.05) is 12.1 Å². The van der Waals surface area contributed by atoms with Gasteiger partial charge in [-0.3, -0.25) is 24.5 Å². The topological polar surface area (TPSA) is 123 Å². The summed E-state index contributed by atoms with van der Waals surface area (Å²) in [6.45, 7) is 2.10. The third-order valence-corrected chi connectivity index (χ3v) is 6.47. The number of rotatable bonds is 11. The van der Waals surface area contributed by atoms with Crippen LogP contribution in [0.4, 0.5) is 5.69 Å². The summed E-state index contributed by atoms with van der Waals surface area (Å²) >= 11 is 0. The van der Waals surface area contributed by atoms with Crippen LogP contribution in [0, 0.1) is 0 Å². The summed E-state index contributed by atoms with van der Waals surface area (Å²) in [6, 6.07) is 11.5. The normalized spacial score (nSPS) is 12.1. The van der Waals surface area contributed by atoms with E-state index < -0.39 is 0 Å². The number of anilines is 1. The number of nitrogens with one attached hydrogen (secondary N) is 2. The summed E-state index contributed by atoms with van der Waals surface area (Å²) in [4.78, 5) is 23.9. The Balaban J connectivity index is 1.34. The molecule has 0 spiro atoms. The Morgan fingerprint density at radius 2 is 2.00 bits per heavy atom. The minimum atomic E-state index is -0.327. The largest absolute Gasteiger partial charge is 0.495 e. The van der Waals surface area contributed by atoms with E-state index >= 15 is 0 Å². The lowest BCUT2D eigenvalue weighted by Gasteiger charge is -2.24. The van der Waals surface area contributed by atoms with Gasteiger partial charge in [0.15, 0.2) is 5.69 Å². The van der Waals surface area contributed by atoms with E-state index in [4.69, 9.17) is 9.47 Å². The highest BCUT2D eigenvalue weighted by atomic mass is 16.5. The second-order valence-electron chi connectivity index (χ2n) is 9.17. The lowest BCUT2D eigenvalue weighted by molar-refractivity contribution is 0.102. The van der Waals surface area contributed by atoms with Crippen LogP contribution in [0.15, 0.2) is 73.6 Å². The number of hydrogen-bond donors (Lipinski definition) is 2. The molecule has 0 aliphatic carbocycles. The molecular formula is C28H30N8O3. The Hall–Kier alpha value is -4.61. The highest BCUT2D eigenvalue weighted by Gasteiger charge is 2.20. The lowest BCUT2D eigenvalue weighted by atomic mass is 10.0. The first-order chi connectivity index (χ1) is 19.1. The van der Waals surface area contributed by atoms with Crippen LogP contribution in [0.25, 0.3) is 22.0 Å². The Bertz CT molecular complexity index is 1550. The van der Waals surface area contributed by atoms with Gasteiger partial charge in [0.1, 0.15) is 5.75 Å². The standard InChI is InChI=1S/C28H30N8O3/c1-35(9-10-38-2)18-26(20-5-4-8-29-13-20)36-17-22(15-31-36)32-28(37)27-24-7-6-19(12-25(24)33-34-27)21-11-23(39-3)16-30-14-21/h4-8,11-17,26H,9-10,18H2,1-3H3,(H,32,37)(H,33,34). The van der Waals surface area contributed by atoms with Crippen LogP contribution in [-0.2, 0) is 4.74 Å². The second kappa shape index (κ2) is 11.8. The zero-order valence-corrected chi connectivity index (χ0v) is 22.0. The van der Waals surface area contributed by atoms with E-state index in [-0.39, 0.29) is 11.9 Å². The van der Waals surface area contributed by atoms with Crippen LogP contribution >= 0.6 is 0 Å². The Morgan fingerprint density at radius 1 is 1.10 bits per heavy atom. The monoisotopic (exact) mass is 526 g/mol. The number of nitrogens with zero attached hydrogens (tertiary/aromatic N) is 6. The van der Waals surface area contributed by atoms with E-state index in [2.05, 4.69) is 35.5 Å². The molecule has 0 saturated carbocycles. The van der Waals surface area contributed by atoms with Crippen molar-refractivity contribution in [2.45, 2.75) is 6.04 Å². The number of likely N-dealkylation sites (N-methyl/N-ethyl adjacent to an activating group) is 1. The third-order valence-electron chi connectivity index (χ3n) is 6.47. The Labute approximate surface area is 225 Å². The van der Waals surface area contributed by atoms with Crippen molar-refractivity contribution in [2.24, 2.45) is 0 Å². The van der Waals surface area contributed by atoms with Crippen LogP contribution < -0.4 is 10.1 Å². The molecule has 1 unspecified atom stereocenters. The molecule has 11 nitrogen and oxygen atoms in total. The highest BCUT2D eigenvalue weighted by Crippen LogP contribution is 2.27. The summed E-state index contributed by atoms with van der Waals surface area (Å²) in [5, 5.41) is 15.5. The first-order valence-electron chi connectivity index (χ1n) is 12.5.